The zero-order valence-electron chi connectivity index (χ0n) is 18.3. The summed E-state index contributed by atoms with van der Waals surface area (Å²) < 4.78 is 0. The highest BCUT2D eigenvalue weighted by Crippen LogP contribution is 2.38. The third-order valence-corrected chi connectivity index (χ3v) is 5.95. The minimum atomic E-state index is -0.777. The van der Waals surface area contributed by atoms with E-state index in [0.717, 1.165) is 25.7 Å². The SMILES string of the molecule is CCCCCCCCC=CCCCCCC(C)C(CCO)(CCO)C(N)=O.Cl. The van der Waals surface area contributed by atoms with Gasteiger partial charge in [-0.2, -0.15) is 0 Å². The molecule has 4 nitrogen and oxygen atoms in total. The zero-order valence-corrected chi connectivity index (χ0v) is 19.2. The van der Waals surface area contributed by atoms with Crippen molar-refractivity contribution in [1.82, 2.24) is 0 Å². The molecule has 28 heavy (non-hydrogen) atoms. The summed E-state index contributed by atoms with van der Waals surface area (Å²) in [4.78, 5) is 12.0. The largest absolute Gasteiger partial charge is 0.396 e. The Morgan fingerprint density at radius 1 is 0.893 bits per heavy atom. The van der Waals surface area contributed by atoms with E-state index < -0.39 is 11.3 Å². The third-order valence-electron chi connectivity index (χ3n) is 5.95. The number of amides is 1. The van der Waals surface area contributed by atoms with E-state index >= 15 is 0 Å². The van der Waals surface area contributed by atoms with Crippen LogP contribution in [0.4, 0.5) is 0 Å². The number of carbonyl (C=O) groups is 1. The number of halogens is 1. The molecule has 0 heterocycles. The molecule has 0 rings (SSSR count). The summed E-state index contributed by atoms with van der Waals surface area (Å²) in [6.07, 6.45) is 20.0. The molecule has 0 aliphatic rings. The van der Waals surface area contributed by atoms with Gasteiger partial charge in [0.2, 0.25) is 5.91 Å². The molecule has 0 aliphatic heterocycles. The first-order valence-electron chi connectivity index (χ1n) is 11.2. The molecule has 1 amide bonds. The molecular formula is C23H46ClNO3. The Bertz CT molecular complexity index is 382. The van der Waals surface area contributed by atoms with Gasteiger partial charge in [-0.3, -0.25) is 4.79 Å². The smallest absolute Gasteiger partial charge is 0.224 e. The Kier molecular flexibility index (Phi) is 20.9. The van der Waals surface area contributed by atoms with Crippen molar-refractivity contribution in [2.75, 3.05) is 13.2 Å². The number of hydrogen-bond acceptors (Lipinski definition) is 3. The molecule has 1 unspecified atom stereocenters. The second kappa shape index (κ2) is 19.7. The van der Waals surface area contributed by atoms with Crippen molar-refractivity contribution < 1.29 is 15.0 Å². The quantitative estimate of drug-likeness (QED) is 0.190. The molecule has 0 spiro atoms. The van der Waals surface area contributed by atoms with E-state index in [9.17, 15) is 15.0 Å². The third kappa shape index (κ3) is 12.8. The maximum Gasteiger partial charge on any atom is 0.224 e. The summed E-state index contributed by atoms with van der Waals surface area (Å²) in [5.74, 6) is -0.312. The number of rotatable bonds is 19. The predicted octanol–water partition coefficient (Wildman–Crippen LogP) is 5.54. The number of aliphatic hydroxyl groups excluding tert-OH is 2. The maximum absolute atomic E-state index is 12.0. The standard InChI is InChI=1S/C23H45NO3.ClH/c1-3-4-5-6-7-8-9-10-11-12-13-14-15-16-21(2)23(17-19-25,18-20-26)22(24)27;/h10-11,21,25-26H,3-9,12-20H2,1-2H3,(H2,24,27);1H. The van der Waals surface area contributed by atoms with E-state index in [-0.39, 0.29) is 31.5 Å². The lowest BCUT2D eigenvalue weighted by molar-refractivity contribution is -0.133. The van der Waals surface area contributed by atoms with Crippen LogP contribution in [0.15, 0.2) is 12.2 Å². The van der Waals surface area contributed by atoms with Gasteiger partial charge in [-0.05, 0) is 50.9 Å². The molecule has 0 radical (unpaired) electrons. The summed E-state index contributed by atoms with van der Waals surface area (Å²) in [6, 6.07) is 0. The fraction of sp³-hybridized carbons (Fsp3) is 0.870. The molecule has 0 saturated heterocycles. The minimum Gasteiger partial charge on any atom is -0.396 e. The van der Waals surface area contributed by atoms with Gasteiger partial charge in [0.1, 0.15) is 0 Å². The first-order valence-corrected chi connectivity index (χ1v) is 11.2. The van der Waals surface area contributed by atoms with Gasteiger partial charge in [0.05, 0.1) is 5.41 Å². The van der Waals surface area contributed by atoms with Crippen LogP contribution in [0.2, 0.25) is 0 Å². The first-order chi connectivity index (χ1) is 13.0. The van der Waals surface area contributed by atoms with Gasteiger partial charge in [-0.15, -0.1) is 12.4 Å². The Balaban J connectivity index is 0. The normalized spacial score (nSPS) is 12.9. The van der Waals surface area contributed by atoms with Crippen molar-refractivity contribution in [1.29, 1.82) is 0 Å². The van der Waals surface area contributed by atoms with Crippen LogP contribution in [0, 0.1) is 11.3 Å². The van der Waals surface area contributed by atoms with Crippen LogP contribution in [0.5, 0.6) is 0 Å². The van der Waals surface area contributed by atoms with E-state index in [4.69, 9.17) is 5.73 Å². The van der Waals surface area contributed by atoms with E-state index in [1.165, 1.54) is 51.4 Å². The molecule has 4 N–H and O–H groups in total. The van der Waals surface area contributed by atoms with Crippen molar-refractivity contribution in [2.45, 2.75) is 104 Å². The number of aliphatic hydroxyl groups is 2. The fourth-order valence-corrected chi connectivity index (χ4v) is 3.95. The van der Waals surface area contributed by atoms with Gasteiger partial charge < -0.3 is 15.9 Å². The molecule has 0 aliphatic carbocycles. The number of nitrogens with two attached hydrogens (primary N) is 1. The second-order valence-electron chi connectivity index (χ2n) is 8.03. The van der Waals surface area contributed by atoms with Gasteiger partial charge in [0, 0.05) is 13.2 Å². The number of allylic oxidation sites excluding steroid dienone is 2. The van der Waals surface area contributed by atoms with Crippen molar-refractivity contribution in [3.05, 3.63) is 12.2 Å². The lowest BCUT2D eigenvalue weighted by Crippen LogP contribution is -2.44. The molecule has 0 saturated carbocycles. The van der Waals surface area contributed by atoms with E-state index in [1.807, 2.05) is 6.92 Å². The average Bonchev–Trinajstić information content (AvgIpc) is 2.64. The summed E-state index contributed by atoms with van der Waals surface area (Å²) in [5.41, 5.74) is 4.84. The van der Waals surface area contributed by atoms with Crippen molar-refractivity contribution in [2.24, 2.45) is 17.1 Å². The van der Waals surface area contributed by atoms with Crippen molar-refractivity contribution in [3.63, 3.8) is 0 Å². The lowest BCUT2D eigenvalue weighted by Gasteiger charge is -2.35. The first kappa shape index (κ1) is 29.6. The van der Waals surface area contributed by atoms with Crippen LogP contribution in [-0.2, 0) is 4.79 Å². The monoisotopic (exact) mass is 419 g/mol. The number of primary amides is 1. The van der Waals surface area contributed by atoms with E-state index in [0.29, 0.717) is 12.8 Å². The number of carbonyl (C=O) groups excluding carboxylic acids is 1. The second-order valence-corrected chi connectivity index (χ2v) is 8.03. The molecule has 0 aromatic heterocycles. The summed E-state index contributed by atoms with van der Waals surface area (Å²) >= 11 is 0. The van der Waals surface area contributed by atoms with Gasteiger partial charge in [-0.25, -0.2) is 0 Å². The molecule has 168 valence electrons. The molecule has 0 fully saturated rings. The summed E-state index contributed by atoms with van der Waals surface area (Å²) in [6.45, 7) is 4.13. The highest BCUT2D eigenvalue weighted by molar-refractivity contribution is 5.85. The van der Waals surface area contributed by atoms with Gasteiger partial charge in [-0.1, -0.05) is 70.9 Å². The molecular weight excluding hydrogens is 374 g/mol. The van der Waals surface area contributed by atoms with Crippen LogP contribution in [0.1, 0.15) is 104 Å². The minimum absolute atomic E-state index is 0. The average molecular weight is 420 g/mol. The Labute approximate surface area is 179 Å². The Morgan fingerprint density at radius 2 is 1.36 bits per heavy atom. The van der Waals surface area contributed by atoms with Crippen molar-refractivity contribution >= 4 is 18.3 Å². The highest BCUT2D eigenvalue weighted by Gasteiger charge is 2.40. The summed E-state index contributed by atoms with van der Waals surface area (Å²) in [5, 5.41) is 18.6. The summed E-state index contributed by atoms with van der Waals surface area (Å²) in [7, 11) is 0. The van der Waals surface area contributed by atoms with Gasteiger partial charge >= 0.3 is 0 Å². The Hall–Kier alpha value is -0.580. The molecule has 5 heteroatoms. The van der Waals surface area contributed by atoms with Crippen LogP contribution < -0.4 is 5.73 Å². The molecule has 1 atom stereocenters. The van der Waals surface area contributed by atoms with E-state index in [1.54, 1.807) is 0 Å². The van der Waals surface area contributed by atoms with Crippen LogP contribution in [0.25, 0.3) is 0 Å². The zero-order chi connectivity index (χ0) is 20.4. The maximum atomic E-state index is 12.0. The van der Waals surface area contributed by atoms with Crippen LogP contribution in [0.3, 0.4) is 0 Å². The van der Waals surface area contributed by atoms with Gasteiger partial charge in [0.15, 0.2) is 0 Å². The molecule has 0 aromatic carbocycles. The molecule has 0 aromatic rings. The molecule has 0 bridgehead atoms. The van der Waals surface area contributed by atoms with Crippen LogP contribution in [-0.4, -0.2) is 29.3 Å². The van der Waals surface area contributed by atoms with Crippen molar-refractivity contribution in [3.8, 4) is 0 Å². The highest BCUT2D eigenvalue weighted by atomic mass is 35.5. The predicted molar refractivity (Wildman–Crippen MR) is 122 cm³/mol. The number of hydrogen-bond donors (Lipinski definition) is 3. The van der Waals surface area contributed by atoms with Crippen LogP contribution >= 0.6 is 12.4 Å². The lowest BCUT2D eigenvalue weighted by atomic mass is 9.69. The number of unbranched alkanes of at least 4 members (excludes halogenated alkanes) is 9. The fourth-order valence-electron chi connectivity index (χ4n) is 3.95. The van der Waals surface area contributed by atoms with Gasteiger partial charge in [0.25, 0.3) is 0 Å². The topological polar surface area (TPSA) is 83.6 Å². The van der Waals surface area contributed by atoms with E-state index in [2.05, 4.69) is 19.1 Å². The Morgan fingerprint density at radius 3 is 1.82 bits per heavy atom.